The van der Waals surface area contributed by atoms with Gasteiger partial charge in [0.2, 0.25) is 11.0 Å². The SMILES string of the molecule is CCCCc1nnc(NC(=O)CC(O)C(C)C)s1. The van der Waals surface area contributed by atoms with E-state index in [1.807, 2.05) is 13.8 Å². The van der Waals surface area contributed by atoms with Gasteiger partial charge in [-0.3, -0.25) is 4.79 Å². The number of nitrogens with one attached hydrogen (secondary N) is 1. The Labute approximate surface area is 112 Å². The number of amides is 1. The second-order valence-electron chi connectivity index (χ2n) is 4.67. The summed E-state index contributed by atoms with van der Waals surface area (Å²) in [6.45, 7) is 5.88. The van der Waals surface area contributed by atoms with Crippen LogP contribution in [0.3, 0.4) is 0 Å². The van der Waals surface area contributed by atoms with Crippen molar-refractivity contribution < 1.29 is 9.90 Å². The standard InChI is InChI=1S/C12H21N3O2S/c1-4-5-6-11-14-15-12(18-11)13-10(17)7-9(16)8(2)3/h8-9,16H,4-7H2,1-3H3,(H,13,15,17). The summed E-state index contributed by atoms with van der Waals surface area (Å²) >= 11 is 1.40. The minimum atomic E-state index is -0.613. The number of hydrogen-bond acceptors (Lipinski definition) is 5. The zero-order valence-corrected chi connectivity index (χ0v) is 12.0. The molecule has 0 fully saturated rings. The van der Waals surface area contributed by atoms with E-state index in [1.165, 1.54) is 11.3 Å². The van der Waals surface area contributed by atoms with Gasteiger partial charge in [-0.25, -0.2) is 0 Å². The molecule has 1 rings (SSSR count). The number of unbranched alkanes of at least 4 members (excludes halogenated alkanes) is 1. The van der Waals surface area contributed by atoms with Gasteiger partial charge in [0.1, 0.15) is 5.01 Å². The van der Waals surface area contributed by atoms with E-state index in [-0.39, 0.29) is 18.2 Å². The number of rotatable bonds is 7. The van der Waals surface area contributed by atoms with Crippen molar-refractivity contribution >= 4 is 22.4 Å². The Bertz CT molecular complexity index is 379. The van der Waals surface area contributed by atoms with Gasteiger partial charge in [-0.15, -0.1) is 10.2 Å². The molecule has 0 aromatic carbocycles. The predicted molar refractivity (Wildman–Crippen MR) is 72.6 cm³/mol. The van der Waals surface area contributed by atoms with Crippen molar-refractivity contribution in [1.29, 1.82) is 0 Å². The zero-order valence-electron chi connectivity index (χ0n) is 11.1. The largest absolute Gasteiger partial charge is 0.392 e. The molecule has 0 bridgehead atoms. The first-order valence-electron chi connectivity index (χ1n) is 6.33. The van der Waals surface area contributed by atoms with Gasteiger partial charge in [0.15, 0.2) is 0 Å². The smallest absolute Gasteiger partial charge is 0.228 e. The topological polar surface area (TPSA) is 75.1 Å². The normalized spacial score (nSPS) is 12.7. The van der Waals surface area contributed by atoms with Gasteiger partial charge in [0.25, 0.3) is 0 Å². The summed E-state index contributed by atoms with van der Waals surface area (Å²) in [5, 5.41) is 21.7. The molecule has 18 heavy (non-hydrogen) atoms. The van der Waals surface area contributed by atoms with Crippen molar-refractivity contribution in [2.75, 3.05) is 5.32 Å². The third-order valence-electron chi connectivity index (χ3n) is 2.62. The molecule has 102 valence electrons. The van der Waals surface area contributed by atoms with Gasteiger partial charge in [0.05, 0.1) is 12.5 Å². The number of aliphatic hydroxyl groups excluding tert-OH is 1. The number of anilines is 1. The lowest BCUT2D eigenvalue weighted by Crippen LogP contribution is -2.23. The molecule has 1 aromatic heterocycles. The van der Waals surface area contributed by atoms with Crippen LogP contribution < -0.4 is 5.32 Å². The van der Waals surface area contributed by atoms with Crippen molar-refractivity contribution in [1.82, 2.24) is 10.2 Å². The highest BCUT2D eigenvalue weighted by Gasteiger charge is 2.15. The molecule has 0 spiro atoms. The molecule has 6 heteroatoms. The lowest BCUT2D eigenvalue weighted by atomic mass is 10.0. The lowest BCUT2D eigenvalue weighted by Gasteiger charge is -2.12. The Morgan fingerprint density at radius 3 is 2.78 bits per heavy atom. The van der Waals surface area contributed by atoms with Gasteiger partial charge >= 0.3 is 0 Å². The van der Waals surface area contributed by atoms with E-state index < -0.39 is 6.10 Å². The summed E-state index contributed by atoms with van der Waals surface area (Å²) in [4.78, 5) is 11.6. The van der Waals surface area contributed by atoms with E-state index >= 15 is 0 Å². The van der Waals surface area contributed by atoms with Crippen molar-refractivity contribution in [3.05, 3.63) is 5.01 Å². The van der Waals surface area contributed by atoms with Crippen LogP contribution in [0.5, 0.6) is 0 Å². The summed E-state index contributed by atoms with van der Waals surface area (Å²) in [5.41, 5.74) is 0. The maximum absolute atomic E-state index is 11.6. The summed E-state index contributed by atoms with van der Waals surface area (Å²) < 4.78 is 0. The van der Waals surface area contributed by atoms with Crippen molar-refractivity contribution in [2.24, 2.45) is 5.92 Å². The molecule has 5 nitrogen and oxygen atoms in total. The lowest BCUT2D eigenvalue weighted by molar-refractivity contribution is -0.118. The predicted octanol–water partition coefficient (Wildman–Crippen LogP) is 2.23. The van der Waals surface area contributed by atoms with Crippen LogP contribution in [0.4, 0.5) is 5.13 Å². The number of aromatic nitrogens is 2. The van der Waals surface area contributed by atoms with Crippen LogP contribution in [0.1, 0.15) is 45.0 Å². The van der Waals surface area contributed by atoms with Crippen molar-refractivity contribution in [3.63, 3.8) is 0 Å². The Hall–Kier alpha value is -1.01. The van der Waals surface area contributed by atoms with E-state index in [1.54, 1.807) is 0 Å². The number of carbonyl (C=O) groups is 1. The van der Waals surface area contributed by atoms with Gasteiger partial charge in [-0.2, -0.15) is 0 Å². The Balaban J connectivity index is 2.42. The third kappa shape index (κ3) is 5.10. The fraction of sp³-hybridized carbons (Fsp3) is 0.750. The number of aryl methyl sites for hydroxylation is 1. The molecule has 2 N–H and O–H groups in total. The maximum Gasteiger partial charge on any atom is 0.228 e. The molecule has 0 aliphatic heterocycles. The monoisotopic (exact) mass is 271 g/mol. The summed E-state index contributed by atoms with van der Waals surface area (Å²) in [7, 11) is 0. The Morgan fingerprint density at radius 1 is 1.44 bits per heavy atom. The Morgan fingerprint density at radius 2 is 2.17 bits per heavy atom. The van der Waals surface area contributed by atoms with Crippen LogP contribution in [-0.2, 0) is 11.2 Å². The number of carbonyl (C=O) groups excluding carboxylic acids is 1. The fourth-order valence-electron chi connectivity index (χ4n) is 1.33. The molecular formula is C12H21N3O2S. The first-order valence-corrected chi connectivity index (χ1v) is 7.14. The molecule has 0 saturated heterocycles. The van der Waals surface area contributed by atoms with Crippen LogP contribution in [0.25, 0.3) is 0 Å². The molecule has 1 aromatic rings. The minimum Gasteiger partial charge on any atom is -0.392 e. The van der Waals surface area contributed by atoms with E-state index in [4.69, 9.17) is 0 Å². The molecular weight excluding hydrogens is 250 g/mol. The van der Waals surface area contributed by atoms with Crippen LogP contribution in [0.2, 0.25) is 0 Å². The molecule has 1 amide bonds. The van der Waals surface area contributed by atoms with Gasteiger partial charge in [-0.05, 0) is 12.3 Å². The second kappa shape index (κ2) is 7.43. The van der Waals surface area contributed by atoms with Crippen LogP contribution in [0.15, 0.2) is 0 Å². The molecule has 1 atom stereocenters. The number of hydrogen-bond donors (Lipinski definition) is 2. The average molecular weight is 271 g/mol. The average Bonchev–Trinajstić information content (AvgIpc) is 2.73. The van der Waals surface area contributed by atoms with Crippen molar-refractivity contribution in [3.8, 4) is 0 Å². The minimum absolute atomic E-state index is 0.0743. The highest BCUT2D eigenvalue weighted by atomic mass is 32.1. The zero-order chi connectivity index (χ0) is 13.5. The molecule has 0 saturated carbocycles. The fourth-order valence-corrected chi connectivity index (χ4v) is 2.13. The summed E-state index contributed by atoms with van der Waals surface area (Å²) in [6, 6.07) is 0. The number of aliphatic hydroxyl groups is 1. The summed E-state index contributed by atoms with van der Waals surface area (Å²) in [6.07, 6.45) is 2.58. The first-order chi connectivity index (χ1) is 8.52. The van der Waals surface area contributed by atoms with E-state index in [2.05, 4.69) is 22.4 Å². The molecule has 0 radical (unpaired) electrons. The number of nitrogens with zero attached hydrogens (tertiary/aromatic N) is 2. The van der Waals surface area contributed by atoms with Crippen LogP contribution >= 0.6 is 11.3 Å². The van der Waals surface area contributed by atoms with Gasteiger partial charge in [0, 0.05) is 6.42 Å². The van der Waals surface area contributed by atoms with Gasteiger partial charge in [-0.1, -0.05) is 38.5 Å². The Kier molecular flexibility index (Phi) is 6.21. The molecule has 0 aliphatic carbocycles. The quantitative estimate of drug-likeness (QED) is 0.797. The molecule has 0 aliphatic rings. The van der Waals surface area contributed by atoms with Crippen LogP contribution in [0, 0.1) is 5.92 Å². The third-order valence-corrected chi connectivity index (χ3v) is 3.52. The van der Waals surface area contributed by atoms with Crippen LogP contribution in [-0.4, -0.2) is 27.3 Å². The van der Waals surface area contributed by atoms with Gasteiger partial charge < -0.3 is 10.4 Å². The summed E-state index contributed by atoms with van der Waals surface area (Å²) in [5.74, 6) is -0.139. The molecule has 1 heterocycles. The van der Waals surface area contributed by atoms with E-state index in [0.717, 1.165) is 24.3 Å². The highest BCUT2D eigenvalue weighted by Crippen LogP contribution is 2.17. The maximum atomic E-state index is 11.6. The first kappa shape index (κ1) is 15.0. The van der Waals surface area contributed by atoms with E-state index in [0.29, 0.717) is 5.13 Å². The van der Waals surface area contributed by atoms with E-state index in [9.17, 15) is 9.90 Å². The highest BCUT2D eigenvalue weighted by molar-refractivity contribution is 7.15. The molecule has 1 unspecified atom stereocenters. The second-order valence-corrected chi connectivity index (χ2v) is 5.73. The van der Waals surface area contributed by atoms with Crippen molar-refractivity contribution in [2.45, 2.75) is 52.6 Å².